The van der Waals surface area contributed by atoms with Crippen LogP contribution in [0.4, 0.5) is 0 Å². The van der Waals surface area contributed by atoms with Crippen molar-refractivity contribution in [1.29, 1.82) is 0 Å². The summed E-state index contributed by atoms with van der Waals surface area (Å²) in [5.41, 5.74) is 6.41. The summed E-state index contributed by atoms with van der Waals surface area (Å²) >= 11 is 0. The van der Waals surface area contributed by atoms with Gasteiger partial charge in [0.15, 0.2) is 0 Å². The molecule has 0 aliphatic carbocycles. The third-order valence-corrected chi connectivity index (χ3v) is 4.88. The summed E-state index contributed by atoms with van der Waals surface area (Å²) in [6.07, 6.45) is 3.07. The highest BCUT2D eigenvalue weighted by Crippen LogP contribution is 2.31. The second-order valence-electron chi connectivity index (χ2n) is 7.29. The molecule has 4 heteroatoms. The molecule has 2 rings (SSSR count). The number of piperidine rings is 1. The van der Waals surface area contributed by atoms with E-state index in [1.165, 1.54) is 32.5 Å². The number of hydrogen-bond donors (Lipinski definition) is 1. The topological polar surface area (TPSA) is 41.7 Å². The third kappa shape index (κ3) is 3.73. The Hall–Kier alpha value is -0.160. The van der Waals surface area contributed by atoms with Crippen LogP contribution in [0.2, 0.25) is 0 Å². The van der Waals surface area contributed by atoms with E-state index in [4.69, 9.17) is 10.5 Å². The fourth-order valence-corrected chi connectivity index (χ4v) is 3.88. The van der Waals surface area contributed by atoms with Gasteiger partial charge in [0.1, 0.15) is 0 Å². The maximum absolute atomic E-state index is 6.21. The van der Waals surface area contributed by atoms with E-state index in [2.05, 4.69) is 37.5 Å². The molecule has 0 radical (unpaired) electrons. The molecule has 2 saturated heterocycles. The van der Waals surface area contributed by atoms with Gasteiger partial charge in [0.25, 0.3) is 0 Å². The molecule has 0 amide bonds. The van der Waals surface area contributed by atoms with Crippen molar-refractivity contribution in [2.24, 2.45) is 11.7 Å². The summed E-state index contributed by atoms with van der Waals surface area (Å²) in [5, 5.41) is 0. The average Bonchev–Trinajstić information content (AvgIpc) is 2.38. The molecule has 2 aliphatic heterocycles. The molecule has 0 spiro atoms. The number of rotatable bonds is 4. The van der Waals surface area contributed by atoms with E-state index < -0.39 is 0 Å². The first-order chi connectivity index (χ1) is 9.45. The lowest BCUT2D eigenvalue weighted by Gasteiger charge is -2.52. The van der Waals surface area contributed by atoms with Crippen molar-refractivity contribution in [2.45, 2.75) is 58.3 Å². The van der Waals surface area contributed by atoms with Crippen LogP contribution < -0.4 is 5.73 Å². The number of ether oxygens (including phenoxy) is 1. The smallest absolute Gasteiger partial charge is 0.0678 e. The number of hydrogen-bond acceptors (Lipinski definition) is 4. The van der Waals surface area contributed by atoms with Crippen molar-refractivity contribution >= 4 is 0 Å². The number of likely N-dealkylation sites (tertiary alicyclic amines) is 1. The molecule has 4 nitrogen and oxygen atoms in total. The molecule has 0 saturated carbocycles. The second kappa shape index (κ2) is 6.73. The first-order valence-electron chi connectivity index (χ1n) is 8.28. The Bertz CT molecular complexity index is 290. The van der Waals surface area contributed by atoms with Gasteiger partial charge in [0, 0.05) is 31.7 Å². The number of morpholine rings is 1. The largest absolute Gasteiger partial charge is 0.373 e. The van der Waals surface area contributed by atoms with E-state index in [1.54, 1.807) is 0 Å². The highest BCUT2D eigenvalue weighted by molar-refractivity contribution is 4.98. The minimum absolute atomic E-state index is 0.208. The van der Waals surface area contributed by atoms with Gasteiger partial charge < -0.3 is 15.4 Å². The van der Waals surface area contributed by atoms with Crippen LogP contribution in [-0.2, 0) is 4.74 Å². The highest BCUT2D eigenvalue weighted by Gasteiger charge is 2.41. The lowest BCUT2D eigenvalue weighted by molar-refractivity contribution is -0.112. The Balaban J connectivity index is 1.97. The number of nitrogens with zero attached hydrogens (tertiary/aromatic N) is 2. The normalized spacial score (nSPS) is 32.7. The van der Waals surface area contributed by atoms with Crippen LogP contribution in [-0.4, -0.2) is 66.8 Å². The Kier molecular flexibility index (Phi) is 5.46. The summed E-state index contributed by atoms with van der Waals surface area (Å²) in [5.74, 6) is 0.754. The molecule has 2 atom stereocenters. The van der Waals surface area contributed by atoms with Crippen LogP contribution >= 0.6 is 0 Å². The average molecular weight is 283 g/mol. The van der Waals surface area contributed by atoms with Crippen LogP contribution in [0.5, 0.6) is 0 Å². The maximum Gasteiger partial charge on any atom is 0.0678 e. The fourth-order valence-electron chi connectivity index (χ4n) is 3.88. The van der Waals surface area contributed by atoms with Gasteiger partial charge in [-0.05, 0) is 45.7 Å². The van der Waals surface area contributed by atoms with E-state index in [9.17, 15) is 0 Å². The summed E-state index contributed by atoms with van der Waals surface area (Å²) < 4.78 is 5.88. The molecule has 0 bridgehead atoms. The van der Waals surface area contributed by atoms with Gasteiger partial charge in [0.05, 0.1) is 12.2 Å². The van der Waals surface area contributed by atoms with Crippen LogP contribution in [0.3, 0.4) is 0 Å². The summed E-state index contributed by atoms with van der Waals surface area (Å²) in [4.78, 5) is 5.23. The predicted octanol–water partition coefficient (Wildman–Crippen LogP) is 1.54. The molecular weight excluding hydrogens is 250 g/mol. The molecule has 2 unspecified atom stereocenters. The van der Waals surface area contributed by atoms with Crippen molar-refractivity contribution in [2.75, 3.05) is 39.3 Å². The summed E-state index contributed by atoms with van der Waals surface area (Å²) in [6.45, 7) is 15.4. The molecule has 2 aliphatic rings. The van der Waals surface area contributed by atoms with Gasteiger partial charge in [-0.15, -0.1) is 0 Å². The molecular formula is C16H33N3O. The van der Waals surface area contributed by atoms with E-state index in [0.717, 1.165) is 25.6 Å². The monoisotopic (exact) mass is 283 g/mol. The quantitative estimate of drug-likeness (QED) is 0.850. The van der Waals surface area contributed by atoms with Gasteiger partial charge >= 0.3 is 0 Å². The van der Waals surface area contributed by atoms with Crippen LogP contribution in [0.25, 0.3) is 0 Å². The minimum Gasteiger partial charge on any atom is -0.373 e. The zero-order valence-corrected chi connectivity index (χ0v) is 13.8. The Morgan fingerprint density at radius 3 is 2.15 bits per heavy atom. The maximum atomic E-state index is 6.21. The number of nitrogens with two attached hydrogens (primary N) is 1. The minimum atomic E-state index is 0.208. The molecule has 2 heterocycles. The van der Waals surface area contributed by atoms with Gasteiger partial charge in [-0.25, -0.2) is 0 Å². The summed E-state index contributed by atoms with van der Waals surface area (Å²) in [6, 6.07) is 0. The van der Waals surface area contributed by atoms with Crippen molar-refractivity contribution in [3.63, 3.8) is 0 Å². The highest BCUT2D eigenvalue weighted by atomic mass is 16.5. The van der Waals surface area contributed by atoms with Crippen molar-refractivity contribution in [3.05, 3.63) is 0 Å². The van der Waals surface area contributed by atoms with Crippen molar-refractivity contribution < 1.29 is 4.74 Å². The van der Waals surface area contributed by atoms with Crippen molar-refractivity contribution in [3.8, 4) is 0 Å². The van der Waals surface area contributed by atoms with E-state index >= 15 is 0 Å². The van der Waals surface area contributed by atoms with Gasteiger partial charge in [-0.1, -0.05) is 13.8 Å². The zero-order valence-electron chi connectivity index (χ0n) is 13.8. The third-order valence-electron chi connectivity index (χ3n) is 4.88. The molecule has 118 valence electrons. The predicted molar refractivity (Wildman–Crippen MR) is 83.9 cm³/mol. The van der Waals surface area contributed by atoms with E-state index in [1.807, 2.05) is 0 Å². The van der Waals surface area contributed by atoms with Crippen molar-refractivity contribution in [1.82, 2.24) is 9.80 Å². The molecule has 0 aromatic carbocycles. The Morgan fingerprint density at radius 2 is 1.70 bits per heavy atom. The molecule has 20 heavy (non-hydrogen) atoms. The molecule has 2 fully saturated rings. The van der Waals surface area contributed by atoms with Crippen LogP contribution in [0.1, 0.15) is 40.5 Å². The van der Waals surface area contributed by atoms with E-state index in [-0.39, 0.29) is 5.54 Å². The van der Waals surface area contributed by atoms with Gasteiger partial charge in [0.2, 0.25) is 0 Å². The lowest BCUT2D eigenvalue weighted by Crippen LogP contribution is -2.64. The fraction of sp³-hybridized carbons (Fsp3) is 1.00. The van der Waals surface area contributed by atoms with Crippen LogP contribution in [0, 0.1) is 5.92 Å². The standard InChI is InChI=1S/C16H33N3O/c1-13(2)9-18-7-5-16(12-17,6-8-18)19-10-14(3)20-15(4)11-19/h13-15H,5-12,17H2,1-4H3. The lowest BCUT2D eigenvalue weighted by atomic mass is 9.84. The van der Waals surface area contributed by atoms with Gasteiger partial charge in [-0.3, -0.25) is 4.90 Å². The zero-order chi connectivity index (χ0) is 14.8. The summed E-state index contributed by atoms with van der Waals surface area (Å²) in [7, 11) is 0. The Labute approximate surface area is 124 Å². The molecule has 0 aromatic rings. The SMILES string of the molecule is CC(C)CN1CCC(CN)(N2CC(C)OC(C)C2)CC1. The first-order valence-corrected chi connectivity index (χ1v) is 8.28. The second-order valence-corrected chi connectivity index (χ2v) is 7.29. The van der Waals surface area contributed by atoms with E-state index in [0.29, 0.717) is 12.2 Å². The van der Waals surface area contributed by atoms with Gasteiger partial charge in [-0.2, -0.15) is 0 Å². The van der Waals surface area contributed by atoms with Crippen LogP contribution in [0.15, 0.2) is 0 Å². The first kappa shape index (κ1) is 16.2. The molecule has 2 N–H and O–H groups in total. The Morgan fingerprint density at radius 1 is 1.15 bits per heavy atom. The molecule has 0 aromatic heterocycles.